The third-order valence-electron chi connectivity index (χ3n) is 4.00. The average molecular weight is 342 g/mol. The number of amides is 1. The summed E-state index contributed by atoms with van der Waals surface area (Å²) in [6, 6.07) is 10.6. The van der Waals surface area contributed by atoms with Gasteiger partial charge < -0.3 is 14.3 Å². The summed E-state index contributed by atoms with van der Waals surface area (Å²) in [5, 5.41) is 14.6. The predicted molar refractivity (Wildman–Crippen MR) is 89.3 cm³/mol. The van der Waals surface area contributed by atoms with Gasteiger partial charge in [0.25, 0.3) is 0 Å². The molecule has 1 atom stereocenters. The van der Waals surface area contributed by atoms with Gasteiger partial charge >= 0.3 is 5.97 Å². The van der Waals surface area contributed by atoms with Crippen LogP contribution in [0.1, 0.15) is 36.6 Å². The van der Waals surface area contributed by atoms with Gasteiger partial charge in [0, 0.05) is 12.8 Å². The van der Waals surface area contributed by atoms with Crippen molar-refractivity contribution in [2.45, 2.75) is 25.3 Å². The molecule has 0 fully saturated rings. The number of hydrazone groups is 1. The Morgan fingerprint density at radius 1 is 1.32 bits per heavy atom. The minimum Gasteiger partial charge on any atom is -0.497 e. The molecule has 3 rings (SSSR count). The largest absolute Gasteiger partial charge is 0.497 e. The fourth-order valence-electron chi connectivity index (χ4n) is 2.77. The summed E-state index contributed by atoms with van der Waals surface area (Å²) in [7, 11) is 1.58. The molecule has 130 valence electrons. The van der Waals surface area contributed by atoms with Crippen molar-refractivity contribution < 1.29 is 23.8 Å². The lowest BCUT2D eigenvalue weighted by Crippen LogP contribution is -2.27. The fraction of sp³-hybridized carbons (Fsp3) is 0.278. The van der Waals surface area contributed by atoms with Crippen LogP contribution in [0, 0.1) is 0 Å². The van der Waals surface area contributed by atoms with Crippen molar-refractivity contribution in [2.24, 2.45) is 5.10 Å². The number of ether oxygens (including phenoxy) is 1. The van der Waals surface area contributed by atoms with Crippen molar-refractivity contribution in [1.29, 1.82) is 0 Å². The highest BCUT2D eigenvalue weighted by Gasteiger charge is 2.34. The number of aliphatic carboxylic acids is 1. The van der Waals surface area contributed by atoms with Crippen molar-refractivity contribution in [3.8, 4) is 5.75 Å². The summed E-state index contributed by atoms with van der Waals surface area (Å²) in [4.78, 5) is 23.3. The van der Waals surface area contributed by atoms with E-state index in [9.17, 15) is 9.59 Å². The molecule has 0 saturated heterocycles. The third kappa shape index (κ3) is 3.71. The second-order valence-corrected chi connectivity index (χ2v) is 5.65. The van der Waals surface area contributed by atoms with Gasteiger partial charge in [-0.3, -0.25) is 9.59 Å². The molecule has 2 aromatic rings. The molecule has 1 aromatic heterocycles. The molecule has 2 heterocycles. The Kier molecular flexibility index (Phi) is 4.83. The molecular weight excluding hydrogens is 324 g/mol. The van der Waals surface area contributed by atoms with Gasteiger partial charge in [-0.2, -0.15) is 5.10 Å². The summed E-state index contributed by atoms with van der Waals surface area (Å²) in [5.74, 6) is -0.0687. The van der Waals surface area contributed by atoms with Crippen molar-refractivity contribution in [3.63, 3.8) is 0 Å². The highest BCUT2D eigenvalue weighted by molar-refractivity contribution is 6.01. The predicted octanol–water partition coefficient (Wildman–Crippen LogP) is 2.83. The number of rotatable bonds is 6. The second-order valence-electron chi connectivity index (χ2n) is 5.65. The van der Waals surface area contributed by atoms with E-state index in [1.807, 2.05) is 24.3 Å². The number of methoxy groups -OCH3 is 1. The van der Waals surface area contributed by atoms with Crippen molar-refractivity contribution >= 4 is 17.6 Å². The number of carboxylic acid groups (broad SMARTS) is 1. The third-order valence-corrected chi connectivity index (χ3v) is 4.00. The number of benzene rings is 1. The molecule has 0 spiro atoms. The number of hydrogen-bond acceptors (Lipinski definition) is 5. The van der Waals surface area contributed by atoms with E-state index < -0.39 is 5.97 Å². The second kappa shape index (κ2) is 7.21. The molecule has 0 bridgehead atoms. The Morgan fingerprint density at radius 2 is 2.16 bits per heavy atom. The van der Waals surface area contributed by atoms with E-state index in [0.717, 1.165) is 5.56 Å². The monoisotopic (exact) mass is 342 g/mol. The average Bonchev–Trinajstić information content (AvgIpc) is 3.28. The van der Waals surface area contributed by atoms with Crippen molar-refractivity contribution in [3.05, 3.63) is 54.0 Å². The van der Waals surface area contributed by atoms with Gasteiger partial charge in [0.15, 0.2) is 0 Å². The van der Waals surface area contributed by atoms with Crippen LogP contribution < -0.4 is 4.74 Å². The summed E-state index contributed by atoms with van der Waals surface area (Å²) in [6.07, 6.45) is 1.70. The van der Waals surface area contributed by atoms with Crippen LogP contribution in [-0.2, 0) is 9.59 Å². The van der Waals surface area contributed by atoms with E-state index in [1.165, 1.54) is 5.01 Å². The van der Waals surface area contributed by atoms with Gasteiger partial charge in [-0.25, -0.2) is 5.01 Å². The molecule has 1 N–H and O–H groups in total. The molecular formula is C18H18N2O5. The first-order valence-electron chi connectivity index (χ1n) is 7.87. The number of nitrogens with zero attached hydrogens (tertiary/aromatic N) is 2. The van der Waals surface area contributed by atoms with Crippen LogP contribution in [0.3, 0.4) is 0 Å². The number of hydrogen-bond donors (Lipinski definition) is 1. The van der Waals surface area contributed by atoms with Crippen molar-refractivity contribution in [2.75, 3.05) is 7.11 Å². The molecule has 1 aromatic carbocycles. The van der Waals surface area contributed by atoms with E-state index in [4.69, 9.17) is 14.3 Å². The summed E-state index contributed by atoms with van der Waals surface area (Å²) in [6.45, 7) is 0. The molecule has 7 nitrogen and oxygen atoms in total. The topological polar surface area (TPSA) is 92.3 Å². The summed E-state index contributed by atoms with van der Waals surface area (Å²) < 4.78 is 10.6. The summed E-state index contributed by atoms with van der Waals surface area (Å²) in [5.41, 5.74) is 1.52. The quantitative estimate of drug-likeness (QED) is 0.871. The van der Waals surface area contributed by atoms with E-state index >= 15 is 0 Å². The van der Waals surface area contributed by atoms with Crippen LogP contribution in [0.2, 0.25) is 0 Å². The molecule has 25 heavy (non-hydrogen) atoms. The van der Waals surface area contributed by atoms with Gasteiger partial charge in [0.2, 0.25) is 5.91 Å². The number of carboxylic acids is 1. The van der Waals surface area contributed by atoms with Gasteiger partial charge in [-0.05, 0) is 29.8 Å². The molecule has 0 saturated carbocycles. The first-order valence-corrected chi connectivity index (χ1v) is 7.87. The SMILES string of the molecule is COc1cccc([C@@H]2CC(c3ccco3)=NN2C(=O)CCC(=O)O)c1. The van der Waals surface area contributed by atoms with E-state index in [2.05, 4.69) is 5.10 Å². The molecule has 1 aliphatic heterocycles. The maximum Gasteiger partial charge on any atom is 0.303 e. The van der Waals surface area contributed by atoms with E-state index in [-0.39, 0.29) is 24.8 Å². The van der Waals surface area contributed by atoms with E-state index in [1.54, 1.807) is 25.5 Å². The zero-order valence-electron chi connectivity index (χ0n) is 13.7. The Labute approximate surface area is 144 Å². The maximum atomic E-state index is 12.5. The molecule has 0 unspecified atom stereocenters. The molecule has 1 aliphatic rings. The zero-order valence-corrected chi connectivity index (χ0v) is 13.7. The zero-order chi connectivity index (χ0) is 17.8. The van der Waals surface area contributed by atoms with Crippen molar-refractivity contribution in [1.82, 2.24) is 5.01 Å². The molecule has 7 heteroatoms. The van der Waals surface area contributed by atoms with Crippen LogP contribution >= 0.6 is 0 Å². The van der Waals surface area contributed by atoms with Gasteiger partial charge in [-0.15, -0.1) is 0 Å². The van der Waals surface area contributed by atoms with Gasteiger partial charge in [0.05, 0.1) is 25.8 Å². The normalized spacial score (nSPS) is 16.6. The number of carbonyl (C=O) groups is 2. The lowest BCUT2D eigenvalue weighted by atomic mass is 10.0. The van der Waals surface area contributed by atoms with Crippen LogP contribution in [0.5, 0.6) is 5.75 Å². The smallest absolute Gasteiger partial charge is 0.303 e. The van der Waals surface area contributed by atoms with Crippen LogP contribution in [0.25, 0.3) is 0 Å². The molecule has 0 radical (unpaired) electrons. The minimum atomic E-state index is -1.01. The fourth-order valence-corrected chi connectivity index (χ4v) is 2.77. The first kappa shape index (κ1) is 16.8. The minimum absolute atomic E-state index is 0.106. The van der Waals surface area contributed by atoms with Gasteiger partial charge in [-0.1, -0.05) is 12.1 Å². The highest BCUT2D eigenvalue weighted by Crippen LogP contribution is 2.34. The van der Waals surface area contributed by atoms with Crippen LogP contribution in [0.15, 0.2) is 52.2 Å². The Bertz CT molecular complexity index is 798. The maximum absolute atomic E-state index is 12.5. The number of furan rings is 1. The Hall–Kier alpha value is -3.09. The van der Waals surface area contributed by atoms with Crippen LogP contribution in [-0.4, -0.2) is 34.8 Å². The highest BCUT2D eigenvalue weighted by atomic mass is 16.5. The van der Waals surface area contributed by atoms with Gasteiger partial charge in [0.1, 0.15) is 17.2 Å². The lowest BCUT2D eigenvalue weighted by molar-refractivity contribution is -0.141. The molecule has 1 amide bonds. The Morgan fingerprint density at radius 3 is 2.84 bits per heavy atom. The standard InChI is InChI=1S/C18H18N2O5/c1-24-13-5-2-4-12(10-13)15-11-14(16-6-3-9-25-16)19-20(15)17(21)7-8-18(22)23/h2-6,9-10,15H,7-8,11H2,1H3,(H,22,23)/t15-/m0/s1. The van der Waals surface area contributed by atoms with E-state index in [0.29, 0.717) is 23.6 Å². The summed E-state index contributed by atoms with van der Waals surface area (Å²) >= 11 is 0. The molecule has 0 aliphatic carbocycles. The first-order chi connectivity index (χ1) is 12.1. The number of carbonyl (C=O) groups excluding carboxylic acids is 1. The lowest BCUT2D eigenvalue weighted by Gasteiger charge is -2.22. The Balaban J connectivity index is 1.89. The van der Waals surface area contributed by atoms with Crippen LogP contribution in [0.4, 0.5) is 0 Å².